The summed E-state index contributed by atoms with van der Waals surface area (Å²) in [5.41, 5.74) is 0. The Hall–Kier alpha value is -1.00. The molecule has 2 aliphatic rings. The lowest BCUT2D eigenvalue weighted by molar-refractivity contribution is -0.131. The van der Waals surface area contributed by atoms with Gasteiger partial charge in [-0.05, 0) is 62.2 Å². The van der Waals surface area contributed by atoms with Gasteiger partial charge in [-0.1, -0.05) is 25.1 Å². The molecule has 2 heterocycles. The van der Waals surface area contributed by atoms with Crippen LogP contribution in [0.25, 0.3) is 0 Å². The van der Waals surface area contributed by atoms with Crippen LogP contribution in [0, 0.1) is 17.8 Å². The summed E-state index contributed by atoms with van der Waals surface area (Å²) in [6.07, 6.45) is 4.42. The molecule has 0 spiro atoms. The van der Waals surface area contributed by atoms with Crippen molar-refractivity contribution in [3.8, 4) is 0 Å². The first-order valence-corrected chi connectivity index (χ1v) is 10.4. The number of carbonyl (C=O) groups excluding carboxylic acids is 1. The molecule has 1 aromatic carbocycles. The largest absolute Gasteiger partial charge is 0.342 e. The fourth-order valence-corrected chi connectivity index (χ4v) is 4.91. The molecule has 0 radical (unpaired) electrons. The van der Waals surface area contributed by atoms with Crippen molar-refractivity contribution >= 4 is 17.7 Å². The van der Waals surface area contributed by atoms with E-state index < -0.39 is 0 Å². The summed E-state index contributed by atoms with van der Waals surface area (Å²) in [6, 6.07) is 10.6. The van der Waals surface area contributed by atoms with Gasteiger partial charge in [-0.15, -0.1) is 11.8 Å². The van der Waals surface area contributed by atoms with E-state index in [2.05, 4.69) is 47.5 Å². The Bertz CT molecular complexity index is 516. The SMILES string of the molecule is CC(CC(=O)N1CCC(CSc2ccccc2)C1)C1CCCNC1. The van der Waals surface area contributed by atoms with E-state index in [4.69, 9.17) is 0 Å². The highest BCUT2D eigenvalue weighted by Crippen LogP contribution is 2.28. The van der Waals surface area contributed by atoms with Crippen LogP contribution in [-0.4, -0.2) is 42.7 Å². The van der Waals surface area contributed by atoms with Gasteiger partial charge in [-0.25, -0.2) is 0 Å². The van der Waals surface area contributed by atoms with Crippen molar-refractivity contribution in [2.24, 2.45) is 17.8 Å². The van der Waals surface area contributed by atoms with Gasteiger partial charge in [0.1, 0.15) is 0 Å². The zero-order valence-corrected chi connectivity index (χ0v) is 15.6. The van der Waals surface area contributed by atoms with E-state index >= 15 is 0 Å². The molecule has 3 nitrogen and oxygen atoms in total. The average molecular weight is 347 g/mol. The monoisotopic (exact) mass is 346 g/mol. The van der Waals surface area contributed by atoms with Crippen LogP contribution in [0.5, 0.6) is 0 Å². The maximum Gasteiger partial charge on any atom is 0.222 e. The molecule has 2 fully saturated rings. The van der Waals surface area contributed by atoms with Gasteiger partial charge in [-0.3, -0.25) is 4.79 Å². The molecule has 24 heavy (non-hydrogen) atoms. The van der Waals surface area contributed by atoms with Gasteiger partial charge in [0.05, 0.1) is 0 Å². The van der Waals surface area contributed by atoms with Crippen LogP contribution in [-0.2, 0) is 4.79 Å². The average Bonchev–Trinajstić information content (AvgIpc) is 3.11. The van der Waals surface area contributed by atoms with Gasteiger partial charge in [0.15, 0.2) is 0 Å². The highest BCUT2D eigenvalue weighted by molar-refractivity contribution is 7.99. The Morgan fingerprint density at radius 1 is 1.33 bits per heavy atom. The number of nitrogens with one attached hydrogen (secondary N) is 1. The number of benzene rings is 1. The highest BCUT2D eigenvalue weighted by atomic mass is 32.2. The first-order valence-electron chi connectivity index (χ1n) is 9.38. The Kier molecular flexibility index (Phi) is 6.61. The van der Waals surface area contributed by atoms with Crippen molar-refractivity contribution < 1.29 is 4.79 Å². The van der Waals surface area contributed by atoms with Crippen LogP contribution >= 0.6 is 11.8 Å². The molecule has 3 unspecified atom stereocenters. The molecule has 3 atom stereocenters. The van der Waals surface area contributed by atoms with Crippen molar-refractivity contribution in [1.29, 1.82) is 0 Å². The number of hydrogen-bond acceptors (Lipinski definition) is 3. The Morgan fingerprint density at radius 2 is 2.17 bits per heavy atom. The van der Waals surface area contributed by atoms with Crippen LogP contribution in [0.1, 0.15) is 32.6 Å². The summed E-state index contributed by atoms with van der Waals surface area (Å²) in [7, 11) is 0. The van der Waals surface area contributed by atoms with Crippen LogP contribution < -0.4 is 5.32 Å². The summed E-state index contributed by atoms with van der Waals surface area (Å²) >= 11 is 1.92. The molecule has 3 rings (SSSR count). The number of hydrogen-bond donors (Lipinski definition) is 1. The molecule has 1 amide bonds. The number of amides is 1. The van der Waals surface area contributed by atoms with E-state index in [1.807, 2.05) is 11.8 Å². The predicted molar refractivity (Wildman–Crippen MR) is 101 cm³/mol. The molecule has 0 bridgehead atoms. The summed E-state index contributed by atoms with van der Waals surface area (Å²) in [6.45, 7) is 6.39. The minimum absolute atomic E-state index is 0.375. The van der Waals surface area contributed by atoms with E-state index in [0.29, 0.717) is 23.7 Å². The molecule has 132 valence electrons. The molecule has 1 aromatic rings. The zero-order valence-electron chi connectivity index (χ0n) is 14.7. The van der Waals surface area contributed by atoms with Gasteiger partial charge in [0.2, 0.25) is 5.91 Å². The summed E-state index contributed by atoms with van der Waals surface area (Å²) < 4.78 is 0. The first kappa shape index (κ1) is 17.8. The summed E-state index contributed by atoms with van der Waals surface area (Å²) in [5, 5.41) is 3.47. The minimum atomic E-state index is 0.375. The number of thioether (sulfide) groups is 1. The number of nitrogens with zero attached hydrogens (tertiary/aromatic N) is 1. The number of rotatable bonds is 6. The maximum absolute atomic E-state index is 12.6. The third kappa shape index (κ3) is 5.00. The Balaban J connectivity index is 1.40. The summed E-state index contributed by atoms with van der Waals surface area (Å²) in [5.74, 6) is 3.32. The van der Waals surface area contributed by atoms with Crippen molar-refractivity contribution in [2.45, 2.75) is 37.5 Å². The molecule has 0 aromatic heterocycles. The van der Waals surface area contributed by atoms with Crippen molar-refractivity contribution in [2.75, 3.05) is 31.9 Å². The van der Waals surface area contributed by atoms with Gasteiger partial charge < -0.3 is 10.2 Å². The molecular formula is C20H30N2OS. The van der Waals surface area contributed by atoms with Crippen LogP contribution in [0.2, 0.25) is 0 Å². The molecular weight excluding hydrogens is 316 g/mol. The van der Waals surface area contributed by atoms with Gasteiger partial charge in [0.25, 0.3) is 0 Å². The number of carbonyl (C=O) groups is 1. The third-order valence-corrected chi connectivity index (χ3v) is 6.75. The molecule has 1 N–H and O–H groups in total. The molecule has 4 heteroatoms. The second-order valence-electron chi connectivity index (χ2n) is 7.41. The van der Waals surface area contributed by atoms with Gasteiger partial charge in [-0.2, -0.15) is 0 Å². The zero-order chi connectivity index (χ0) is 16.8. The van der Waals surface area contributed by atoms with E-state index in [9.17, 15) is 4.79 Å². The van der Waals surface area contributed by atoms with Crippen LogP contribution in [0.15, 0.2) is 35.2 Å². The maximum atomic E-state index is 12.6. The topological polar surface area (TPSA) is 32.3 Å². The molecule has 0 saturated carbocycles. The molecule has 0 aliphatic carbocycles. The fraction of sp³-hybridized carbons (Fsp3) is 0.650. The standard InChI is InChI=1S/C20H30N2OS/c1-16(18-6-5-10-21-13-18)12-20(23)22-11-9-17(14-22)15-24-19-7-3-2-4-8-19/h2-4,7-8,16-18,21H,5-6,9-15H2,1H3. The predicted octanol–water partition coefficient (Wildman–Crippen LogP) is 3.65. The Morgan fingerprint density at radius 3 is 2.92 bits per heavy atom. The highest BCUT2D eigenvalue weighted by Gasteiger charge is 2.29. The molecule has 2 saturated heterocycles. The van der Waals surface area contributed by atoms with Gasteiger partial charge >= 0.3 is 0 Å². The van der Waals surface area contributed by atoms with Crippen molar-refractivity contribution in [1.82, 2.24) is 10.2 Å². The lowest BCUT2D eigenvalue weighted by Gasteiger charge is -2.29. The van der Waals surface area contributed by atoms with E-state index in [1.165, 1.54) is 17.7 Å². The Labute approximate surface area is 150 Å². The van der Waals surface area contributed by atoms with Crippen molar-refractivity contribution in [3.63, 3.8) is 0 Å². The minimum Gasteiger partial charge on any atom is -0.342 e. The smallest absolute Gasteiger partial charge is 0.222 e. The lowest BCUT2D eigenvalue weighted by Crippen LogP contribution is -2.36. The van der Waals surface area contributed by atoms with Gasteiger partial charge in [0, 0.05) is 30.2 Å². The second kappa shape index (κ2) is 8.91. The second-order valence-corrected chi connectivity index (χ2v) is 8.50. The quantitative estimate of drug-likeness (QED) is 0.798. The fourth-order valence-electron chi connectivity index (χ4n) is 3.86. The van der Waals surface area contributed by atoms with Crippen LogP contribution in [0.3, 0.4) is 0 Å². The van der Waals surface area contributed by atoms with E-state index in [1.54, 1.807) is 0 Å². The number of piperidine rings is 1. The lowest BCUT2D eigenvalue weighted by atomic mass is 9.85. The third-order valence-electron chi connectivity index (χ3n) is 5.50. The van der Waals surface area contributed by atoms with E-state index in [-0.39, 0.29) is 0 Å². The van der Waals surface area contributed by atoms with Crippen LogP contribution in [0.4, 0.5) is 0 Å². The number of likely N-dealkylation sites (tertiary alicyclic amines) is 1. The summed E-state index contributed by atoms with van der Waals surface area (Å²) in [4.78, 5) is 16.1. The normalized spacial score (nSPS) is 25.6. The van der Waals surface area contributed by atoms with Crippen molar-refractivity contribution in [3.05, 3.63) is 30.3 Å². The molecule has 2 aliphatic heterocycles. The first-order chi connectivity index (χ1) is 11.7. The van der Waals surface area contributed by atoms with E-state index in [0.717, 1.165) is 44.8 Å².